The molecule has 1 aromatic heterocycles. The lowest BCUT2D eigenvalue weighted by Crippen LogP contribution is -2.18. The van der Waals surface area contributed by atoms with Gasteiger partial charge in [0, 0.05) is 12.1 Å². The standard InChI is InChI=1S/C16H18N2O2/c1-11(14-7-5-4-6-8-14)10-17-18-16(19)15-9-12(2)20-13(15)3/h4-11H,1-3H3,(H,18,19)/b17-10-/t11-/m0/s1. The van der Waals surface area contributed by atoms with Crippen LogP contribution in [0.4, 0.5) is 0 Å². The zero-order chi connectivity index (χ0) is 14.5. The fourth-order valence-corrected chi connectivity index (χ4v) is 1.97. The zero-order valence-corrected chi connectivity index (χ0v) is 11.9. The first-order valence-corrected chi connectivity index (χ1v) is 6.53. The average Bonchev–Trinajstić information content (AvgIpc) is 2.78. The van der Waals surface area contributed by atoms with Crippen LogP contribution >= 0.6 is 0 Å². The Labute approximate surface area is 118 Å². The summed E-state index contributed by atoms with van der Waals surface area (Å²) < 4.78 is 5.32. The van der Waals surface area contributed by atoms with Crippen LogP contribution in [-0.2, 0) is 0 Å². The van der Waals surface area contributed by atoms with E-state index in [4.69, 9.17) is 4.42 Å². The molecule has 2 rings (SSSR count). The number of aryl methyl sites for hydroxylation is 2. The molecule has 0 aliphatic heterocycles. The zero-order valence-electron chi connectivity index (χ0n) is 11.9. The van der Waals surface area contributed by atoms with Gasteiger partial charge in [-0.2, -0.15) is 5.10 Å². The van der Waals surface area contributed by atoms with Gasteiger partial charge in [0.2, 0.25) is 0 Å². The molecule has 0 radical (unpaired) electrons. The van der Waals surface area contributed by atoms with Crippen molar-refractivity contribution in [1.82, 2.24) is 5.43 Å². The van der Waals surface area contributed by atoms with E-state index in [-0.39, 0.29) is 11.8 Å². The van der Waals surface area contributed by atoms with Gasteiger partial charge < -0.3 is 4.42 Å². The molecule has 0 bridgehead atoms. The van der Waals surface area contributed by atoms with Crippen molar-refractivity contribution in [2.24, 2.45) is 5.10 Å². The highest BCUT2D eigenvalue weighted by molar-refractivity contribution is 5.95. The van der Waals surface area contributed by atoms with E-state index >= 15 is 0 Å². The van der Waals surface area contributed by atoms with Crippen molar-refractivity contribution in [2.45, 2.75) is 26.7 Å². The molecule has 1 atom stereocenters. The summed E-state index contributed by atoms with van der Waals surface area (Å²) in [7, 11) is 0. The number of nitrogens with zero attached hydrogens (tertiary/aromatic N) is 1. The molecule has 0 saturated heterocycles. The van der Waals surface area contributed by atoms with E-state index in [2.05, 4.69) is 10.5 Å². The number of furan rings is 1. The monoisotopic (exact) mass is 270 g/mol. The fraction of sp³-hybridized carbons (Fsp3) is 0.250. The van der Waals surface area contributed by atoms with Gasteiger partial charge in [0.05, 0.1) is 5.56 Å². The molecule has 1 amide bonds. The van der Waals surface area contributed by atoms with Crippen LogP contribution in [0.2, 0.25) is 0 Å². The van der Waals surface area contributed by atoms with E-state index in [9.17, 15) is 4.79 Å². The highest BCUT2D eigenvalue weighted by Gasteiger charge is 2.12. The maximum absolute atomic E-state index is 11.9. The Morgan fingerprint density at radius 2 is 2.00 bits per heavy atom. The Kier molecular flexibility index (Phi) is 4.35. The second kappa shape index (κ2) is 6.19. The van der Waals surface area contributed by atoms with Crippen LogP contribution in [0.1, 0.15) is 40.3 Å². The summed E-state index contributed by atoms with van der Waals surface area (Å²) in [6.07, 6.45) is 1.72. The Balaban J connectivity index is 1.96. The van der Waals surface area contributed by atoms with Crippen LogP contribution in [-0.4, -0.2) is 12.1 Å². The maximum atomic E-state index is 11.9. The number of carbonyl (C=O) groups excluding carboxylic acids is 1. The van der Waals surface area contributed by atoms with Gasteiger partial charge in [-0.3, -0.25) is 4.79 Å². The molecule has 0 unspecified atom stereocenters. The summed E-state index contributed by atoms with van der Waals surface area (Å²) in [5, 5.41) is 4.01. The minimum absolute atomic E-state index is 0.142. The van der Waals surface area contributed by atoms with Crippen molar-refractivity contribution in [3.63, 3.8) is 0 Å². The Morgan fingerprint density at radius 1 is 1.30 bits per heavy atom. The van der Waals surface area contributed by atoms with Gasteiger partial charge in [0.1, 0.15) is 11.5 Å². The maximum Gasteiger partial charge on any atom is 0.274 e. The van der Waals surface area contributed by atoms with Gasteiger partial charge in [-0.1, -0.05) is 37.3 Å². The van der Waals surface area contributed by atoms with Gasteiger partial charge in [0.15, 0.2) is 0 Å². The second-order valence-corrected chi connectivity index (χ2v) is 4.75. The number of benzene rings is 1. The van der Waals surface area contributed by atoms with Gasteiger partial charge in [-0.25, -0.2) is 5.43 Å². The van der Waals surface area contributed by atoms with E-state index in [1.54, 1.807) is 19.2 Å². The number of hydrogen-bond acceptors (Lipinski definition) is 3. The van der Waals surface area contributed by atoms with Gasteiger partial charge in [-0.15, -0.1) is 0 Å². The third-order valence-electron chi connectivity index (χ3n) is 3.08. The molecular weight excluding hydrogens is 252 g/mol. The quantitative estimate of drug-likeness (QED) is 0.683. The summed E-state index contributed by atoms with van der Waals surface area (Å²) >= 11 is 0. The first kappa shape index (κ1) is 14.1. The van der Waals surface area contributed by atoms with Crippen LogP contribution in [0.15, 0.2) is 45.9 Å². The molecule has 0 fully saturated rings. The topological polar surface area (TPSA) is 54.6 Å². The minimum atomic E-state index is -0.254. The molecule has 1 aromatic carbocycles. The fourth-order valence-electron chi connectivity index (χ4n) is 1.97. The molecule has 2 aromatic rings. The van der Waals surface area contributed by atoms with E-state index in [0.717, 1.165) is 5.56 Å². The van der Waals surface area contributed by atoms with Crippen LogP contribution in [0.3, 0.4) is 0 Å². The number of nitrogens with one attached hydrogen (secondary N) is 1. The van der Waals surface area contributed by atoms with Crippen LogP contribution in [0.25, 0.3) is 0 Å². The molecule has 4 nitrogen and oxygen atoms in total. The highest BCUT2D eigenvalue weighted by Crippen LogP contribution is 2.14. The van der Waals surface area contributed by atoms with Crippen LogP contribution < -0.4 is 5.43 Å². The third kappa shape index (κ3) is 3.35. The van der Waals surface area contributed by atoms with E-state index < -0.39 is 0 Å². The summed E-state index contributed by atoms with van der Waals surface area (Å²) in [5.74, 6) is 1.21. The molecule has 4 heteroatoms. The lowest BCUT2D eigenvalue weighted by Gasteiger charge is -2.05. The van der Waals surface area contributed by atoms with E-state index in [0.29, 0.717) is 17.1 Å². The molecule has 104 valence electrons. The molecule has 0 saturated carbocycles. The van der Waals surface area contributed by atoms with Crippen molar-refractivity contribution < 1.29 is 9.21 Å². The van der Waals surface area contributed by atoms with E-state index in [1.165, 1.54) is 0 Å². The third-order valence-corrected chi connectivity index (χ3v) is 3.08. The molecule has 0 aliphatic carbocycles. The van der Waals surface area contributed by atoms with Crippen LogP contribution in [0.5, 0.6) is 0 Å². The first-order chi connectivity index (χ1) is 9.58. The van der Waals surface area contributed by atoms with Crippen molar-refractivity contribution in [3.8, 4) is 0 Å². The lowest BCUT2D eigenvalue weighted by molar-refractivity contribution is 0.0953. The van der Waals surface area contributed by atoms with E-state index in [1.807, 2.05) is 44.2 Å². The van der Waals surface area contributed by atoms with Crippen molar-refractivity contribution in [1.29, 1.82) is 0 Å². The molecule has 0 spiro atoms. The van der Waals surface area contributed by atoms with Crippen molar-refractivity contribution in [2.75, 3.05) is 0 Å². The summed E-state index contributed by atoms with van der Waals surface area (Å²) in [5.41, 5.74) is 4.20. The Morgan fingerprint density at radius 3 is 2.60 bits per heavy atom. The number of hydrogen-bond donors (Lipinski definition) is 1. The average molecular weight is 270 g/mol. The smallest absolute Gasteiger partial charge is 0.274 e. The molecule has 0 aliphatic rings. The van der Waals surface area contributed by atoms with Crippen molar-refractivity contribution >= 4 is 12.1 Å². The van der Waals surface area contributed by atoms with Gasteiger partial charge >= 0.3 is 0 Å². The predicted octanol–water partition coefficient (Wildman–Crippen LogP) is 3.42. The minimum Gasteiger partial charge on any atom is -0.466 e. The largest absolute Gasteiger partial charge is 0.466 e. The highest BCUT2D eigenvalue weighted by atomic mass is 16.3. The normalized spacial score (nSPS) is 12.6. The van der Waals surface area contributed by atoms with Crippen LogP contribution in [0, 0.1) is 13.8 Å². The van der Waals surface area contributed by atoms with Gasteiger partial charge in [0.25, 0.3) is 5.91 Å². The predicted molar refractivity (Wildman–Crippen MR) is 79.0 cm³/mol. The first-order valence-electron chi connectivity index (χ1n) is 6.53. The van der Waals surface area contributed by atoms with Gasteiger partial charge in [-0.05, 0) is 25.5 Å². The number of hydrazone groups is 1. The molecule has 20 heavy (non-hydrogen) atoms. The second-order valence-electron chi connectivity index (χ2n) is 4.75. The lowest BCUT2D eigenvalue weighted by atomic mass is 10.0. The summed E-state index contributed by atoms with van der Waals surface area (Å²) in [6, 6.07) is 11.7. The number of rotatable bonds is 4. The Bertz CT molecular complexity index is 615. The summed E-state index contributed by atoms with van der Waals surface area (Å²) in [4.78, 5) is 11.9. The Hall–Kier alpha value is -2.36. The molecular formula is C16H18N2O2. The molecule has 1 N–H and O–H groups in total. The SMILES string of the molecule is Cc1cc(C(=O)N/N=C\[C@H](C)c2ccccc2)c(C)o1. The molecule has 1 heterocycles. The number of amides is 1. The number of carbonyl (C=O) groups is 1. The van der Waals surface area contributed by atoms with Crippen molar-refractivity contribution in [3.05, 3.63) is 59.0 Å². The summed E-state index contributed by atoms with van der Waals surface area (Å²) in [6.45, 7) is 5.60.